The summed E-state index contributed by atoms with van der Waals surface area (Å²) >= 11 is 0. The van der Waals surface area contributed by atoms with E-state index in [0.717, 1.165) is 32.8 Å². The van der Waals surface area contributed by atoms with Gasteiger partial charge in [0.2, 0.25) is 0 Å². The summed E-state index contributed by atoms with van der Waals surface area (Å²) in [6.07, 6.45) is 4.91. The van der Waals surface area contributed by atoms with Crippen molar-refractivity contribution in [3.8, 4) is 0 Å². The molecule has 0 aromatic rings. The van der Waals surface area contributed by atoms with Crippen molar-refractivity contribution in [2.24, 2.45) is 0 Å². The van der Waals surface area contributed by atoms with E-state index in [1.807, 2.05) is 16.8 Å². The fraction of sp³-hybridized carbons (Fsp3) is 0.909. The second-order valence-electron chi connectivity index (χ2n) is 4.64. The molecule has 0 aromatic carbocycles. The summed E-state index contributed by atoms with van der Waals surface area (Å²) in [4.78, 5) is 18.1. The van der Waals surface area contributed by atoms with Gasteiger partial charge in [0.1, 0.15) is 0 Å². The number of rotatable bonds is 2. The largest absolute Gasteiger partial charge is 0.325 e. The van der Waals surface area contributed by atoms with Gasteiger partial charge in [0.15, 0.2) is 0 Å². The van der Waals surface area contributed by atoms with Gasteiger partial charge in [-0.1, -0.05) is 0 Å². The second-order valence-corrected chi connectivity index (χ2v) is 4.64. The lowest BCUT2D eigenvalue weighted by Crippen LogP contribution is -2.44. The Morgan fingerprint density at radius 2 is 1.60 bits per heavy atom. The fourth-order valence-corrected chi connectivity index (χ4v) is 2.43. The molecule has 0 bridgehead atoms. The lowest BCUT2D eigenvalue weighted by molar-refractivity contribution is 0.142. The van der Waals surface area contributed by atoms with Crippen molar-refractivity contribution in [2.45, 2.75) is 25.7 Å². The molecule has 86 valence electrons. The minimum Gasteiger partial charge on any atom is -0.325 e. The Bertz CT molecular complexity index is 220. The van der Waals surface area contributed by atoms with E-state index in [9.17, 15) is 4.79 Å². The Morgan fingerprint density at radius 3 is 2.20 bits per heavy atom. The Balaban J connectivity index is 1.78. The smallest absolute Gasteiger partial charge is 0.320 e. The number of carbonyl (C=O) groups excluding carboxylic acids is 1. The number of nitrogens with zero attached hydrogens (tertiary/aromatic N) is 3. The topological polar surface area (TPSA) is 26.8 Å². The highest BCUT2D eigenvalue weighted by molar-refractivity contribution is 5.74. The maximum absolute atomic E-state index is 12.0. The lowest BCUT2D eigenvalue weighted by atomic mass is 10.4. The van der Waals surface area contributed by atoms with Crippen molar-refractivity contribution >= 4 is 6.03 Å². The first-order valence-electron chi connectivity index (χ1n) is 6.00. The molecule has 15 heavy (non-hydrogen) atoms. The monoisotopic (exact) mass is 211 g/mol. The van der Waals surface area contributed by atoms with E-state index in [4.69, 9.17) is 0 Å². The predicted molar refractivity (Wildman–Crippen MR) is 59.6 cm³/mol. The maximum atomic E-state index is 12.0. The average Bonchev–Trinajstić information content (AvgIpc) is 2.88. The highest BCUT2D eigenvalue weighted by atomic mass is 16.2. The maximum Gasteiger partial charge on any atom is 0.320 e. The molecule has 0 N–H and O–H groups in total. The van der Waals surface area contributed by atoms with Gasteiger partial charge in [0.05, 0.1) is 6.67 Å². The Labute approximate surface area is 91.8 Å². The molecule has 4 nitrogen and oxygen atoms in total. The molecule has 2 heterocycles. The lowest BCUT2D eigenvalue weighted by Gasteiger charge is -2.28. The van der Waals surface area contributed by atoms with Crippen LogP contribution in [0.3, 0.4) is 0 Å². The van der Waals surface area contributed by atoms with Crippen molar-refractivity contribution in [3.05, 3.63) is 0 Å². The van der Waals surface area contributed by atoms with Gasteiger partial charge in [-0.25, -0.2) is 4.79 Å². The Morgan fingerprint density at radius 1 is 1.07 bits per heavy atom. The molecule has 2 amide bonds. The molecule has 0 spiro atoms. The minimum absolute atomic E-state index is 0.208. The van der Waals surface area contributed by atoms with Gasteiger partial charge < -0.3 is 9.80 Å². The van der Waals surface area contributed by atoms with Crippen LogP contribution in [0.4, 0.5) is 4.79 Å². The van der Waals surface area contributed by atoms with Crippen LogP contribution in [0.2, 0.25) is 0 Å². The van der Waals surface area contributed by atoms with E-state index in [0.29, 0.717) is 0 Å². The van der Waals surface area contributed by atoms with Gasteiger partial charge in [0, 0.05) is 20.1 Å². The molecule has 2 fully saturated rings. The molecule has 0 aliphatic carbocycles. The summed E-state index contributed by atoms with van der Waals surface area (Å²) in [5, 5.41) is 0. The van der Waals surface area contributed by atoms with Crippen LogP contribution < -0.4 is 0 Å². The van der Waals surface area contributed by atoms with E-state index in [1.165, 1.54) is 25.7 Å². The minimum atomic E-state index is 0.208. The molecule has 0 aromatic heterocycles. The fourth-order valence-electron chi connectivity index (χ4n) is 2.43. The number of urea groups is 1. The van der Waals surface area contributed by atoms with Crippen molar-refractivity contribution < 1.29 is 4.79 Å². The number of hydrogen-bond donors (Lipinski definition) is 0. The quantitative estimate of drug-likeness (QED) is 0.686. The Kier molecular flexibility index (Phi) is 3.46. The molecular formula is C11H21N3O. The van der Waals surface area contributed by atoms with Gasteiger partial charge in [0.25, 0.3) is 0 Å². The van der Waals surface area contributed by atoms with Crippen LogP contribution in [-0.2, 0) is 0 Å². The van der Waals surface area contributed by atoms with E-state index in [2.05, 4.69) is 4.90 Å². The van der Waals surface area contributed by atoms with Gasteiger partial charge in [-0.2, -0.15) is 0 Å². The van der Waals surface area contributed by atoms with Gasteiger partial charge in [-0.05, 0) is 38.8 Å². The standard InChI is InChI=1S/C11H21N3O/c1-12(10-13-6-2-3-7-13)11(15)14-8-4-5-9-14/h2-10H2,1H3. The third kappa shape index (κ3) is 2.62. The molecule has 4 heteroatoms. The third-order valence-electron chi connectivity index (χ3n) is 3.31. The second kappa shape index (κ2) is 4.84. The molecule has 2 rings (SSSR count). The van der Waals surface area contributed by atoms with Crippen LogP contribution in [0, 0.1) is 0 Å². The highest BCUT2D eigenvalue weighted by Gasteiger charge is 2.23. The summed E-state index contributed by atoms with van der Waals surface area (Å²) < 4.78 is 0. The van der Waals surface area contributed by atoms with Crippen LogP contribution in [0.15, 0.2) is 0 Å². The summed E-state index contributed by atoms with van der Waals surface area (Å²) in [6.45, 7) is 5.00. The van der Waals surface area contributed by atoms with Crippen LogP contribution in [0.1, 0.15) is 25.7 Å². The SMILES string of the molecule is CN(CN1CCCC1)C(=O)N1CCCC1. The number of likely N-dealkylation sites (tertiary alicyclic amines) is 2. The molecule has 2 saturated heterocycles. The molecule has 0 saturated carbocycles. The van der Waals surface area contributed by atoms with Crippen molar-refractivity contribution in [2.75, 3.05) is 39.9 Å². The summed E-state index contributed by atoms with van der Waals surface area (Å²) in [5.74, 6) is 0. The first-order valence-corrected chi connectivity index (χ1v) is 6.00. The van der Waals surface area contributed by atoms with Gasteiger partial charge >= 0.3 is 6.03 Å². The van der Waals surface area contributed by atoms with E-state index >= 15 is 0 Å². The zero-order chi connectivity index (χ0) is 10.7. The molecule has 0 unspecified atom stereocenters. The summed E-state index contributed by atoms with van der Waals surface area (Å²) in [7, 11) is 1.92. The average molecular weight is 211 g/mol. The Hall–Kier alpha value is -0.770. The van der Waals surface area contributed by atoms with E-state index in [1.54, 1.807) is 0 Å². The van der Waals surface area contributed by atoms with Crippen molar-refractivity contribution in [1.82, 2.24) is 14.7 Å². The normalized spacial score (nSPS) is 22.3. The van der Waals surface area contributed by atoms with Crippen molar-refractivity contribution in [1.29, 1.82) is 0 Å². The number of hydrogen-bond acceptors (Lipinski definition) is 2. The summed E-state index contributed by atoms with van der Waals surface area (Å²) in [5.41, 5.74) is 0. The van der Waals surface area contributed by atoms with Gasteiger partial charge in [-0.15, -0.1) is 0 Å². The van der Waals surface area contributed by atoms with Crippen LogP contribution in [-0.4, -0.2) is 60.6 Å². The van der Waals surface area contributed by atoms with Gasteiger partial charge in [-0.3, -0.25) is 4.90 Å². The predicted octanol–water partition coefficient (Wildman–Crippen LogP) is 1.19. The zero-order valence-electron chi connectivity index (χ0n) is 9.61. The number of amides is 2. The van der Waals surface area contributed by atoms with Crippen molar-refractivity contribution in [3.63, 3.8) is 0 Å². The van der Waals surface area contributed by atoms with E-state index < -0.39 is 0 Å². The molecule has 0 atom stereocenters. The number of carbonyl (C=O) groups is 1. The van der Waals surface area contributed by atoms with Crippen LogP contribution in [0.25, 0.3) is 0 Å². The molecule has 2 aliphatic rings. The highest BCUT2D eigenvalue weighted by Crippen LogP contribution is 2.12. The third-order valence-corrected chi connectivity index (χ3v) is 3.31. The van der Waals surface area contributed by atoms with Crippen LogP contribution >= 0.6 is 0 Å². The molecule has 2 aliphatic heterocycles. The zero-order valence-corrected chi connectivity index (χ0v) is 9.61. The molecule has 0 radical (unpaired) electrons. The first-order chi connectivity index (χ1) is 7.27. The van der Waals surface area contributed by atoms with Crippen LogP contribution in [0.5, 0.6) is 0 Å². The molecular weight excluding hydrogens is 190 g/mol. The first kappa shape index (κ1) is 10.7. The summed E-state index contributed by atoms with van der Waals surface area (Å²) in [6, 6.07) is 0.208. The van der Waals surface area contributed by atoms with E-state index in [-0.39, 0.29) is 6.03 Å².